The van der Waals surface area contributed by atoms with E-state index in [0.717, 1.165) is 12.3 Å². The fraction of sp³-hybridized carbons (Fsp3) is 0.167. The molecule has 0 bridgehead atoms. The summed E-state index contributed by atoms with van der Waals surface area (Å²) in [6.45, 7) is 1.56. The van der Waals surface area contributed by atoms with E-state index >= 15 is 0 Å². The first-order valence-electron chi connectivity index (χ1n) is 8.09. The quantitative estimate of drug-likeness (QED) is 0.351. The molecule has 2 N–H and O–H groups in total. The number of urea groups is 1. The highest BCUT2D eigenvalue weighted by molar-refractivity contribution is 6.07. The number of nitro groups is 1. The lowest BCUT2D eigenvalue weighted by Gasteiger charge is -2.20. The van der Waals surface area contributed by atoms with Crippen molar-refractivity contribution in [3.05, 3.63) is 63.7 Å². The molecule has 0 aliphatic carbocycles. The lowest BCUT2D eigenvalue weighted by atomic mass is 9.92. The summed E-state index contributed by atoms with van der Waals surface area (Å²) in [7, 11) is 1.24. The van der Waals surface area contributed by atoms with Crippen LogP contribution in [0.5, 0.6) is 11.5 Å². The van der Waals surface area contributed by atoms with Crippen molar-refractivity contribution in [2.24, 2.45) is 5.10 Å². The number of benzene rings is 2. The molecule has 0 saturated carbocycles. The summed E-state index contributed by atoms with van der Waals surface area (Å²) in [4.78, 5) is 35.3. The lowest BCUT2D eigenvalue weighted by molar-refractivity contribution is -0.386. The summed E-state index contributed by atoms with van der Waals surface area (Å²) in [5, 5.41) is 28.0. The molecule has 10 nitrogen and oxygen atoms in total. The molecule has 10 heteroatoms. The van der Waals surface area contributed by atoms with E-state index in [4.69, 9.17) is 4.74 Å². The minimum atomic E-state index is -1.28. The summed E-state index contributed by atoms with van der Waals surface area (Å²) >= 11 is 0. The number of hydrazone groups is 1. The number of methoxy groups -OCH3 is 1. The molecule has 3 rings (SSSR count). The molecule has 1 aliphatic heterocycles. The van der Waals surface area contributed by atoms with Crippen molar-refractivity contribution in [3.8, 4) is 11.5 Å². The molecule has 144 valence electrons. The van der Waals surface area contributed by atoms with Gasteiger partial charge in [-0.25, -0.2) is 4.79 Å². The molecule has 3 amide bonds. The summed E-state index contributed by atoms with van der Waals surface area (Å²) in [5.41, 5.74) is -1.12. The number of nitro benzene ring substituents is 1. The first kappa shape index (κ1) is 18.8. The van der Waals surface area contributed by atoms with Gasteiger partial charge < -0.3 is 15.2 Å². The largest absolute Gasteiger partial charge is 0.500 e. The van der Waals surface area contributed by atoms with Gasteiger partial charge in [0.1, 0.15) is 5.54 Å². The van der Waals surface area contributed by atoms with Crippen molar-refractivity contribution in [2.75, 3.05) is 7.11 Å². The van der Waals surface area contributed by atoms with Gasteiger partial charge >= 0.3 is 11.7 Å². The monoisotopic (exact) mass is 384 g/mol. The van der Waals surface area contributed by atoms with E-state index in [-0.39, 0.29) is 11.3 Å². The Kier molecular flexibility index (Phi) is 4.70. The number of ether oxygens (including phenoxy) is 1. The highest BCUT2D eigenvalue weighted by Crippen LogP contribution is 2.36. The number of nitrogens with zero attached hydrogens (tertiary/aromatic N) is 3. The van der Waals surface area contributed by atoms with Crippen LogP contribution < -0.4 is 10.1 Å². The number of nitrogens with one attached hydrogen (secondary N) is 1. The number of rotatable bonds is 5. The van der Waals surface area contributed by atoms with Crippen molar-refractivity contribution in [2.45, 2.75) is 12.5 Å². The van der Waals surface area contributed by atoms with Crippen LogP contribution in [0.25, 0.3) is 0 Å². The van der Waals surface area contributed by atoms with Gasteiger partial charge in [-0.05, 0) is 18.6 Å². The second-order valence-electron chi connectivity index (χ2n) is 6.13. The molecule has 0 aromatic heterocycles. The van der Waals surface area contributed by atoms with Crippen molar-refractivity contribution in [1.82, 2.24) is 10.3 Å². The second kappa shape index (κ2) is 6.99. The van der Waals surface area contributed by atoms with Crippen molar-refractivity contribution < 1.29 is 24.4 Å². The van der Waals surface area contributed by atoms with E-state index in [9.17, 15) is 24.8 Å². The fourth-order valence-electron chi connectivity index (χ4n) is 2.80. The molecule has 2 aromatic rings. The minimum absolute atomic E-state index is 0.137. The predicted molar refractivity (Wildman–Crippen MR) is 98.1 cm³/mol. The first-order valence-corrected chi connectivity index (χ1v) is 8.09. The molecule has 1 heterocycles. The van der Waals surface area contributed by atoms with E-state index in [1.807, 2.05) is 0 Å². The summed E-state index contributed by atoms with van der Waals surface area (Å²) < 4.78 is 4.91. The molecule has 2 aromatic carbocycles. The number of imide groups is 1. The van der Waals surface area contributed by atoms with Gasteiger partial charge in [-0.3, -0.25) is 14.9 Å². The van der Waals surface area contributed by atoms with E-state index in [1.165, 1.54) is 13.2 Å². The average molecular weight is 384 g/mol. The molecule has 1 saturated heterocycles. The normalized spacial score (nSPS) is 19.1. The third kappa shape index (κ3) is 3.11. The van der Waals surface area contributed by atoms with Gasteiger partial charge in [0.05, 0.1) is 18.2 Å². The fourth-order valence-corrected chi connectivity index (χ4v) is 2.80. The Morgan fingerprint density at radius 1 is 1.29 bits per heavy atom. The zero-order valence-electron chi connectivity index (χ0n) is 14.9. The number of carbonyl (C=O) groups excluding carboxylic acids is 2. The van der Waals surface area contributed by atoms with E-state index < -0.39 is 33.8 Å². The van der Waals surface area contributed by atoms with Crippen molar-refractivity contribution >= 4 is 23.8 Å². The number of aromatic hydroxyl groups is 1. The molecule has 0 unspecified atom stereocenters. The average Bonchev–Trinajstić information content (AvgIpc) is 2.91. The smallest absolute Gasteiger partial charge is 0.346 e. The maximum atomic E-state index is 12.8. The summed E-state index contributed by atoms with van der Waals surface area (Å²) in [5.74, 6) is -1.36. The molecular weight excluding hydrogens is 368 g/mol. The number of amides is 3. The Hall–Kier alpha value is -3.95. The standard InChI is InChI=1S/C18H16N4O6/c1-18(12-6-4-3-5-7-12)16(24)21(17(25)20-18)19-10-11-8-13(22(26)27)15(23)14(9-11)28-2/h3-10,23H,1-2H3,(H,20,25)/b19-10-/t18-/m0/s1. The van der Waals surface area contributed by atoms with Crippen LogP contribution >= 0.6 is 0 Å². The van der Waals surface area contributed by atoms with Gasteiger partial charge in [-0.1, -0.05) is 30.3 Å². The molecule has 0 spiro atoms. The van der Waals surface area contributed by atoms with Crippen LogP contribution in [0, 0.1) is 10.1 Å². The van der Waals surface area contributed by atoms with E-state index in [0.29, 0.717) is 10.6 Å². The zero-order valence-corrected chi connectivity index (χ0v) is 14.9. The Morgan fingerprint density at radius 3 is 2.57 bits per heavy atom. The van der Waals surface area contributed by atoms with Gasteiger partial charge in [-0.2, -0.15) is 5.10 Å². The second-order valence-corrected chi connectivity index (χ2v) is 6.13. The molecule has 1 aliphatic rings. The third-order valence-electron chi connectivity index (χ3n) is 4.34. The Balaban J connectivity index is 1.93. The summed E-state index contributed by atoms with van der Waals surface area (Å²) in [6.07, 6.45) is 1.10. The van der Waals surface area contributed by atoms with Crippen LogP contribution in [0.1, 0.15) is 18.1 Å². The third-order valence-corrected chi connectivity index (χ3v) is 4.34. The number of carbonyl (C=O) groups is 2. The number of phenols is 1. The molecule has 28 heavy (non-hydrogen) atoms. The van der Waals surface area contributed by atoms with Crippen LogP contribution in [0.4, 0.5) is 10.5 Å². The number of hydrogen-bond acceptors (Lipinski definition) is 7. The highest BCUT2D eigenvalue weighted by atomic mass is 16.6. The van der Waals surface area contributed by atoms with Crippen molar-refractivity contribution in [1.29, 1.82) is 0 Å². The van der Waals surface area contributed by atoms with Gasteiger partial charge in [0, 0.05) is 11.6 Å². The van der Waals surface area contributed by atoms with Crippen molar-refractivity contribution in [3.63, 3.8) is 0 Å². The number of phenolic OH excluding ortho intramolecular Hbond substituents is 1. The van der Waals surface area contributed by atoms with Gasteiger partial charge in [0.15, 0.2) is 5.75 Å². The topological polar surface area (TPSA) is 134 Å². The van der Waals surface area contributed by atoms with E-state index in [1.54, 1.807) is 37.3 Å². The van der Waals surface area contributed by atoms with Crippen LogP contribution in [-0.2, 0) is 10.3 Å². The van der Waals surface area contributed by atoms with Crippen LogP contribution in [0.3, 0.4) is 0 Å². The molecule has 0 radical (unpaired) electrons. The lowest BCUT2D eigenvalue weighted by Crippen LogP contribution is -2.40. The molecule has 1 fully saturated rings. The maximum absolute atomic E-state index is 12.8. The van der Waals surface area contributed by atoms with Gasteiger partial charge in [0.2, 0.25) is 5.75 Å². The van der Waals surface area contributed by atoms with Crippen LogP contribution in [0.15, 0.2) is 47.6 Å². The Morgan fingerprint density at radius 2 is 1.96 bits per heavy atom. The van der Waals surface area contributed by atoms with Crippen LogP contribution in [-0.4, -0.2) is 40.3 Å². The highest BCUT2D eigenvalue weighted by Gasteiger charge is 2.49. The SMILES string of the molecule is COc1cc(/C=N\N2C(=O)N[C@@](C)(c3ccccc3)C2=O)cc([N+](=O)[O-])c1O. The first-order chi connectivity index (χ1) is 13.3. The minimum Gasteiger partial charge on any atom is -0.500 e. The van der Waals surface area contributed by atoms with E-state index in [2.05, 4.69) is 10.4 Å². The Labute approximate surface area is 159 Å². The number of hydrogen-bond donors (Lipinski definition) is 2. The maximum Gasteiger partial charge on any atom is 0.346 e. The van der Waals surface area contributed by atoms with Gasteiger partial charge in [0.25, 0.3) is 5.91 Å². The molecule has 1 atom stereocenters. The zero-order chi connectivity index (χ0) is 20.5. The summed E-state index contributed by atoms with van der Waals surface area (Å²) in [6, 6.07) is 10.3. The van der Waals surface area contributed by atoms with Crippen LogP contribution in [0.2, 0.25) is 0 Å². The Bertz CT molecular complexity index is 991. The predicted octanol–water partition coefficient (Wildman–Crippen LogP) is 2.11. The molecular formula is C18H16N4O6. The van der Waals surface area contributed by atoms with Gasteiger partial charge in [-0.15, -0.1) is 5.01 Å².